The molecule has 7 heteroatoms. The number of piperidine rings is 1. The van der Waals surface area contributed by atoms with Crippen molar-refractivity contribution < 1.29 is 0 Å². The minimum Gasteiger partial charge on any atom is -0.366 e. The van der Waals surface area contributed by atoms with Gasteiger partial charge in [-0.25, -0.2) is 9.67 Å². The maximum Gasteiger partial charge on any atom is 0.266 e. The van der Waals surface area contributed by atoms with Gasteiger partial charge < -0.3 is 10.2 Å². The molecule has 4 rings (SSSR count). The predicted octanol–water partition coefficient (Wildman–Crippen LogP) is 1.92. The second kappa shape index (κ2) is 6.82. The SMILES string of the molecule is Cn1nc(N2CCCCC2CNc2nccnc2C2CC2)ccc1=O. The average Bonchev–Trinajstić information content (AvgIpc) is 3.48. The van der Waals surface area contributed by atoms with Crippen LogP contribution in [0.5, 0.6) is 0 Å². The van der Waals surface area contributed by atoms with E-state index >= 15 is 0 Å². The molecular formula is C18H24N6O. The maximum atomic E-state index is 11.6. The summed E-state index contributed by atoms with van der Waals surface area (Å²) in [7, 11) is 1.70. The van der Waals surface area contributed by atoms with Gasteiger partial charge in [-0.05, 0) is 38.2 Å². The lowest BCUT2D eigenvalue weighted by Gasteiger charge is -2.36. The van der Waals surface area contributed by atoms with Crippen molar-refractivity contribution in [1.29, 1.82) is 0 Å². The molecule has 132 valence electrons. The molecule has 7 nitrogen and oxygen atoms in total. The van der Waals surface area contributed by atoms with Crippen LogP contribution in [0, 0.1) is 0 Å². The van der Waals surface area contributed by atoms with Crippen LogP contribution in [0.1, 0.15) is 43.7 Å². The summed E-state index contributed by atoms with van der Waals surface area (Å²) in [6.07, 6.45) is 9.43. The molecule has 1 saturated carbocycles. The Morgan fingerprint density at radius 3 is 2.80 bits per heavy atom. The van der Waals surface area contributed by atoms with E-state index in [1.807, 2.05) is 6.07 Å². The zero-order valence-corrected chi connectivity index (χ0v) is 14.6. The van der Waals surface area contributed by atoms with E-state index < -0.39 is 0 Å². The van der Waals surface area contributed by atoms with Crippen LogP contribution in [0.4, 0.5) is 11.6 Å². The third kappa shape index (κ3) is 3.50. The van der Waals surface area contributed by atoms with E-state index in [0.717, 1.165) is 43.3 Å². The minimum atomic E-state index is -0.0796. The molecule has 2 aromatic rings. The van der Waals surface area contributed by atoms with Crippen molar-refractivity contribution >= 4 is 11.6 Å². The van der Waals surface area contributed by atoms with Crippen molar-refractivity contribution in [2.45, 2.75) is 44.1 Å². The van der Waals surface area contributed by atoms with Crippen LogP contribution >= 0.6 is 0 Å². The van der Waals surface area contributed by atoms with Gasteiger partial charge in [0.2, 0.25) is 0 Å². The number of hydrogen-bond acceptors (Lipinski definition) is 6. The van der Waals surface area contributed by atoms with Crippen LogP contribution in [0.25, 0.3) is 0 Å². The molecule has 0 radical (unpaired) electrons. The van der Waals surface area contributed by atoms with E-state index in [2.05, 4.69) is 25.3 Å². The highest BCUT2D eigenvalue weighted by molar-refractivity contribution is 5.45. The third-order valence-corrected chi connectivity index (χ3v) is 5.06. The summed E-state index contributed by atoms with van der Waals surface area (Å²) in [6, 6.07) is 3.77. The molecule has 0 spiro atoms. The summed E-state index contributed by atoms with van der Waals surface area (Å²) < 4.78 is 1.41. The van der Waals surface area contributed by atoms with Crippen molar-refractivity contribution in [3.8, 4) is 0 Å². The molecule has 1 aliphatic carbocycles. The normalized spacial score (nSPS) is 20.5. The summed E-state index contributed by atoms with van der Waals surface area (Å²) in [4.78, 5) is 22.9. The van der Waals surface area contributed by atoms with E-state index in [4.69, 9.17) is 0 Å². The number of rotatable bonds is 5. The fourth-order valence-electron chi connectivity index (χ4n) is 3.51. The minimum absolute atomic E-state index is 0.0796. The molecule has 2 aliphatic rings. The molecular weight excluding hydrogens is 316 g/mol. The molecule has 1 aliphatic heterocycles. The van der Waals surface area contributed by atoms with E-state index in [1.165, 1.54) is 23.9 Å². The zero-order valence-electron chi connectivity index (χ0n) is 14.6. The highest BCUT2D eigenvalue weighted by Crippen LogP contribution is 2.41. The van der Waals surface area contributed by atoms with Gasteiger partial charge in [-0.3, -0.25) is 9.78 Å². The summed E-state index contributed by atoms with van der Waals surface area (Å²) in [5, 5.41) is 7.95. The Labute approximate surface area is 147 Å². The Morgan fingerprint density at radius 2 is 2.00 bits per heavy atom. The van der Waals surface area contributed by atoms with Crippen molar-refractivity contribution in [3.63, 3.8) is 0 Å². The summed E-state index contributed by atoms with van der Waals surface area (Å²) >= 11 is 0. The Hall–Kier alpha value is -2.44. The Bertz CT molecular complexity index is 800. The number of aromatic nitrogens is 4. The molecule has 0 aromatic carbocycles. The van der Waals surface area contributed by atoms with Gasteiger partial charge >= 0.3 is 0 Å². The molecule has 1 N–H and O–H groups in total. The smallest absolute Gasteiger partial charge is 0.266 e. The summed E-state index contributed by atoms with van der Waals surface area (Å²) in [5.74, 6) is 2.36. The Balaban J connectivity index is 1.50. The van der Waals surface area contributed by atoms with Gasteiger partial charge in [-0.1, -0.05) is 0 Å². The van der Waals surface area contributed by atoms with Gasteiger partial charge in [0.25, 0.3) is 5.56 Å². The maximum absolute atomic E-state index is 11.6. The lowest BCUT2D eigenvalue weighted by Crippen LogP contribution is -2.45. The first-order valence-electron chi connectivity index (χ1n) is 9.08. The quantitative estimate of drug-likeness (QED) is 0.896. The zero-order chi connectivity index (χ0) is 17.2. The number of nitrogens with zero attached hydrogens (tertiary/aromatic N) is 5. The molecule has 2 aromatic heterocycles. The summed E-state index contributed by atoms with van der Waals surface area (Å²) in [6.45, 7) is 1.77. The van der Waals surface area contributed by atoms with Gasteiger partial charge in [0.05, 0.1) is 5.69 Å². The van der Waals surface area contributed by atoms with E-state index in [0.29, 0.717) is 12.0 Å². The van der Waals surface area contributed by atoms with Crippen molar-refractivity contribution in [3.05, 3.63) is 40.6 Å². The first-order chi connectivity index (χ1) is 12.2. The second-order valence-electron chi connectivity index (χ2n) is 6.94. The molecule has 2 fully saturated rings. The number of aryl methyl sites for hydroxylation is 1. The fraction of sp³-hybridized carbons (Fsp3) is 0.556. The van der Waals surface area contributed by atoms with E-state index in [9.17, 15) is 4.79 Å². The van der Waals surface area contributed by atoms with Gasteiger partial charge in [-0.15, -0.1) is 0 Å². The van der Waals surface area contributed by atoms with Crippen LogP contribution in [-0.2, 0) is 7.05 Å². The molecule has 1 unspecified atom stereocenters. The monoisotopic (exact) mass is 340 g/mol. The molecule has 25 heavy (non-hydrogen) atoms. The number of hydrogen-bond donors (Lipinski definition) is 1. The van der Waals surface area contributed by atoms with Gasteiger partial charge in [0, 0.05) is 50.6 Å². The van der Waals surface area contributed by atoms with Crippen LogP contribution in [0.3, 0.4) is 0 Å². The Morgan fingerprint density at radius 1 is 1.16 bits per heavy atom. The van der Waals surface area contributed by atoms with E-state index in [-0.39, 0.29) is 5.56 Å². The van der Waals surface area contributed by atoms with Gasteiger partial charge in [0.15, 0.2) is 0 Å². The predicted molar refractivity (Wildman–Crippen MR) is 97.0 cm³/mol. The van der Waals surface area contributed by atoms with Crippen LogP contribution in [-0.4, -0.2) is 38.9 Å². The largest absolute Gasteiger partial charge is 0.366 e. The van der Waals surface area contributed by atoms with Crippen molar-refractivity contribution in [2.24, 2.45) is 7.05 Å². The second-order valence-corrected chi connectivity index (χ2v) is 6.94. The third-order valence-electron chi connectivity index (χ3n) is 5.06. The lowest BCUT2D eigenvalue weighted by atomic mass is 10.0. The number of nitrogens with one attached hydrogen (secondary N) is 1. The first-order valence-corrected chi connectivity index (χ1v) is 9.08. The molecule has 1 saturated heterocycles. The van der Waals surface area contributed by atoms with Crippen LogP contribution in [0.15, 0.2) is 29.3 Å². The highest BCUT2D eigenvalue weighted by Gasteiger charge is 2.29. The standard InChI is InChI=1S/C18H24N6O/c1-23-16(25)8-7-15(22-23)24-11-3-2-4-14(24)12-21-18-17(13-5-6-13)19-9-10-20-18/h7-10,13-14H,2-6,11-12H2,1H3,(H,20,21). The van der Waals surface area contributed by atoms with Crippen LogP contribution < -0.4 is 15.8 Å². The average molecular weight is 340 g/mol. The molecule has 0 bridgehead atoms. The van der Waals surface area contributed by atoms with Gasteiger partial charge in [0.1, 0.15) is 11.6 Å². The topological polar surface area (TPSA) is 75.9 Å². The van der Waals surface area contributed by atoms with Crippen molar-refractivity contribution in [2.75, 3.05) is 23.3 Å². The first kappa shape index (κ1) is 16.1. The number of anilines is 2. The molecule has 3 heterocycles. The van der Waals surface area contributed by atoms with Crippen molar-refractivity contribution in [1.82, 2.24) is 19.7 Å². The summed E-state index contributed by atoms with van der Waals surface area (Å²) in [5.41, 5.74) is 1.02. The van der Waals surface area contributed by atoms with Gasteiger partial charge in [-0.2, -0.15) is 5.10 Å². The molecule has 0 amide bonds. The Kier molecular flexibility index (Phi) is 4.38. The lowest BCUT2D eigenvalue weighted by molar-refractivity contribution is 0.464. The highest BCUT2D eigenvalue weighted by atomic mass is 16.1. The van der Waals surface area contributed by atoms with Crippen LogP contribution in [0.2, 0.25) is 0 Å². The van der Waals surface area contributed by atoms with E-state index in [1.54, 1.807) is 25.5 Å². The fourth-order valence-corrected chi connectivity index (χ4v) is 3.51. The molecule has 1 atom stereocenters.